The summed E-state index contributed by atoms with van der Waals surface area (Å²) in [5.74, 6) is -1.21. The van der Waals surface area contributed by atoms with Gasteiger partial charge in [0.05, 0.1) is 11.9 Å². The van der Waals surface area contributed by atoms with Crippen LogP contribution in [0.2, 0.25) is 0 Å². The van der Waals surface area contributed by atoms with E-state index in [0.29, 0.717) is 0 Å². The molecule has 1 rings (SSSR count). The first-order valence-electron chi connectivity index (χ1n) is 4.67. The lowest BCUT2D eigenvalue weighted by molar-refractivity contribution is -0.140. The standard InChI is InChI=1S/C8H15NO5S/c1-3-15(12,13)9-5-6(14-2)4-7(9)8(10)11/h6-7H,3-5H2,1-2H3,(H,10,11). The lowest BCUT2D eigenvalue weighted by atomic mass is 10.2. The van der Waals surface area contributed by atoms with Gasteiger partial charge in [-0.25, -0.2) is 8.42 Å². The summed E-state index contributed by atoms with van der Waals surface area (Å²) in [6.45, 7) is 1.62. The van der Waals surface area contributed by atoms with Gasteiger partial charge in [-0.3, -0.25) is 4.79 Å². The Kier molecular flexibility index (Phi) is 3.69. The van der Waals surface area contributed by atoms with Crippen molar-refractivity contribution in [1.29, 1.82) is 0 Å². The normalized spacial score (nSPS) is 28.1. The Morgan fingerprint density at radius 1 is 1.60 bits per heavy atom. The summed E-state index contributed by atoms with van der Waals surface area (Å²) in [5, 5.41) is 8.89. The number of carbonyl (C=O) groups is 1. The highest BCUT2D eigenvalue weighted by Gasteiger charge is 2.42. The van der Waals surface area contributed by atoms with Gasteiger partial charge in [0.25, 0.3) is 0 Å². The van der Waals surface area contributed by atoms with E-state index in [0.717, 1.165) is 4.31 Å². The molecule has 0 saturated carbocycles. The van der Waals surface area contributed by atoms with Crippen LogP contribution in [0.3, 0.4) is 0 Å². The molecular weight excluding hydrogens is 222 g/mol. The maximum Gasteiger partial charge on any atom is 0.322 e. The Morgan fingerprint density at radius 2 is 2.20 bits per heavy atom. The van der Waals surface area contributed by atoms with E-state index in [1.807, 2.05) is 0 Å². The molecule has 0 aromatic heterocycles. The van der Waals surface area contributed by atoms with Crippen molar-refractivity contribution in [2.45, 2.75) is 25.5 Å². The third-order valence-electron chi connectivity index (χ3n) is 2.56. The topological polar surface area (TPSA) is 83.9 Å². The summed E-state index contributed by atoms with van der Waals surface area (Å²) in [4.78, 5) is 10.9. The van der Waals surface area contributed by atoms with Crippen LogP contribution in [0.1, 0.15) is 13.3 Å². The fourth-order valence-electron chi connectivity index (χ4n) is 1.64. The number of carboxylic acids is 1. The van der Waals surface area contributed by atoms with Crippen LogP contribution in [-0.2, 0) is 19.6 Å². The van der Waals surface area contributed by atoms with E-state index in [2.05, 4.69) is 0 Å². The summed E-state index contributed by atoms with van der Waals surface area (Å²) in [7, 11) is -2.01. The fourth-order valence-corrected chi connectivity index (χ4v) is 2.93. The second-order valence-electron chi connectivity index (χ2n) is 3.42. The second kappa shape index (κ2) is 4.46. The number of hydrogen-bond donors (Lipinski definition) is 1. The van der Waals surface area contributed by atoms with Gasteiger partial charge in [-0.05, 0) is 6.92 Å². The molecule has 88 valence electrons. The molecule has 1 fully saturated rings. The minimum absolute atomic E-state index is 0.0901. The smallest absolute Gasteiger partial charge is 0.322 e. The third kappa shape index (κ3) is 2.47. The van der Waals surface area contributed by atoms with Crippen molar-refractivity contribution >= 4 is 16.0 Å². The summed E-state index contributed by atoms with van der Waals surface area (Å²) >= 11 is 0. The molecule has 1 saturated heterocycles. The molecule has 2 unspecified atom stereocenters. The van der Waals surface area contributed by atoms with Gasteiger partial charge in [0, 0.05) is 20.1 Å². The Hall–Kier alpha value is -0.660. The Labute approximate surface area is 88.9 Å². The lowest BCUT2D eigenvalue weighted by Crippen LogP contribution is -2.41. The molecule has 2 atom stereocenters. The quantitative estimate of drug-likeness (QED) is 0.713. The van der Waals surface area contributed by atoms with Crippen LogP contribution < -0.4 is 0 Å². The van der Waals surface area contributed by atoms with Crippen molar-refractivity contribution in [3.63, 3.8) is 0 Å². The molecule has 0 radical (unpaired) electrons. The van der Waals surface area contributed by atoms with E-state index >= 15 is 0 Å². The minimum atomic E-state index is -3.46. The number of carboxylic acid groups (broad SMARTS) is 1. The number of nitrogens with zero attached hydrogens (tertiary/aromatic N) is 1. The van der Waals surface area contributed by atoms with Crippen LogP contribution in [0.15, 0.2) is 0 Å². The number of hydrogen-bond acceptors (Lipinski definition) is 4. The third-order valence-corrected chi connectivity index (χ3v) is 4.41. The lowest BCUT2D eigenvalue weighted by Gasteiger charge is -2.19. The second-order valence-corrected chi connectivity index (χ2v) is 5.63. The minimum Gasteiger partial charge on any atom is -0.480 e. The molecule has 0 amide bonds. The van der Waals surface area contributed by atoms with Gasteiger partial charge in [-0.2, -0.15) is 4.31 Å². The van der Waals surface area contributed by atoms with E-state index in [9.17, 15) is 13.2 Å². The van der Waals surface area contributed by atoms with E-state index < -0.39 is 22.0 Å². The van der Waals surface area contributed by atoms with Gasteiger partial charge in [0.1, 0.15) is 6.04 Å². The highest BCUT2D eigenvalue weighted by atomic mass is 32.2. The first kappa shape index (κ1) is 12.4. The summed E-state index contributed by atoms with van der Waals surface area (Å²) in [6.07, 6.45) is -0.113. The molecular formula is C8H15NO5S. The zero-order valence-electron chi connectivity index (χ0n) is 8.71. The molecule has 0 aromatic rings. The van der Waals surface area contributed by atoms with Crippen molar-refractivity contribution in [1.82, 2.24) is 4.31 Å². The molecule has 6 nitrogen and oxygen atoms in total. The molecule has 7 heteroatoms. The molecule has 1 aliphatic rings. The number of sulfonamides is 1. The van der Waals surface area contributed by atoms with E-state index in [1.165, 1.54) is 14.0 Å². The van der Waals surface area contributed by atoms with Gasteiger partial charge in [-0.1, -0.05) is 0 Å². The van der Waals surface area contributed by atoms with Crippen LogP contribution in [0.4, 0.5) is 0 Å². The number of methoxy groups -OCH3 is 1. The van der Waals surface area contributed by atoms with Crippen molar-refractivity contribution in [2.75, 3.05) is 19.4 Å². The number of rotatable bonds is 4. The van der Waals surface area contributed by atoms with Gasteiger partial charge in [-0.15, -0.1) is 0 Å². The van der Waals surface area contributed by atoms with E-state index in [1.54, 1.807) is 0 Å². The zero-order chi connectivity index (χ0) is 11.6. The van der Waals surface area contributed by atoms with Crippen molar-refractivity contribution in [3.8, 4) is 0 Å². The first-order chi connectivity index (χ1) is 6.92. The van der Waals surface area contributed by atoms with Crippen molar-refractivity contribution in [3.05, 3.63) is 0 Å². The summed E-state index contributed by atoms with van der Waals surface area (Å²) < 4.78 is 29.2. The fraction of sp³-hybridized carbons (Fsp3) is 0.875. The molecule has 0 aromatic carbocycles. The highest BCUT2D eigenvalue weighted by Crippen LogP contribution is 2.23. The largest absolute Gasteiger partial charge is 0.480 e. The van der Waals surface area contributed by atoms with Crippen LogP contribution in [0, 0.1) is 0 Å². The Bertz CT molecular complexity index is 339. The van der Waals surface area contributed by atoms with Crippen LogP contribution in [0.25, 0.3) is 0 Å². The SMILES string of the molecule is CCS(=O)(=O)N1CC(OC)CC1C(=O)O. The van der Waals surface area contributed by atoms with Gasteiger partial charge >= 0.3 is 5.97 Å². The monoisotopic (exact) mass is 237 g/mol. The summed E-state index contributed by atoms with van der Waals surface area (Å²) in [5.41, 5.74) is 0. The van der Waals surface area contributed by atoms with E-state index in [4.69, 9.17) is 9.84 Å². The van der Waals surface area contributed by atoms with Crippen molar-refractivity contribution in [2.24, 2.45) is 0 Å². The predicted molar refractivity (Wildman–Crippen MR) is 53.0 cm³/mol. The number of ether oxygens (including phenoxy) is 1. The molecule has 1 aliphatic heterocycles. The molecule has 0 aliphatic carbocycles. The average molecular weight is 237 g/mol. The maximum absolute atomic E-state index is 11.6. The molecule has 1 N–H and O–H groups in total. The van der Waals surface area contributed by atoms with Crippen molar-refractivity contribution < 1.29 is 23.1 Å². The molecule has 0 bridgehead atoms. The van der Waals surface area contributed by atoms with Crippen LogP contribution in [0.5, 0.6) is 0 Å². The van der Waals surface area contributed by atoms with Crippen LogP contribution >= 0.6 is 0 Å². The molecule has 1 heterocycles. The van der Waals surface area contributed by atoms with Gasteiger partial charge in [0.2, 0.25) is 10.0 Å². The number of aliphatic carboxylic acids is 1. The summed E-state index contributed by atoms with van der Waals surface area (Å²) in [6, 6.07) is -0.986. The zero-order valence-corrected chi connectivity index (χ0v) is 9.53. The van der Waals surface area contributed by atoms with Gasteiger partial charge in [0.15, 0.2) is 0 Å². The Morgan fingerprint density at radius 3 is 2.60 bits per heavy atom. The molecule has 15 heavy (non-hydrogen) atoms. The van der Waals surface area contributed by atoms with Crippen LogP contribution in [-0.4, -0.2) is 55.4 Å². The predicted octanol–water partition coefficient (Wildman–Crippen LogP) is -0.490. The highest BCUT2D eigenvalue weighted by molar-refractivity contribution is 7.89. The van der Waals surface area contributed by atoms with E-state index in [-0.39, 0.29) is 24.8 Å². The molecule has 0 spiro atoms. The first-order valence-corrected chi connectivity index (χ1v) is 6.28. The average Bonchev–Trinajstić information content (AvgIpc) is 2.62. The maximum atomic E-state index is 11.6. The Balaban J connectivity index is 2.91. The van der Waals surface area contributed by atoms with Gasteiger partial charge < -0.3 is 9.84 Å².